The molecule has 0 bridgehead atoms. The lowest BCUT2D eigenvalue weighted by atomic mass is 9.75. The molecule has 3 rings (SSSR count). The second-order valence-electron chi connectivity index (χ2n) is 5.81. The molecule has 1 saturated carbocycles. The van der Waals surface area contributed by atoms with Gasteiger partial charge in [-0.3, -0.25) is 4.57 Å². The predicted molar refractivity (Wildman–Crippen MR) is 82.0 cm³/mol. The van der Waals surface area contributed by atoms with Gasteiger partial charge in [-0.25, -0.2) is 4.98 Å². The van der Waals surface area contributed by atoms with Gasteiger partial charge >= 0.3 is 0 Å². The predicted octanol–water partition coefficient (Wildman–Crippen LogP) is 3.60. The maximum Gasteiger partial charge on any atom is 0.110 e. The zero-order valence-corrected chi connectivity index (χ0v) is 12.4. The first-order chi connectivity index (χ1) is 9.74. The van der Waals surface area contributed by atoms with Gasteiger partial charge in [0.2, 0.25) is 0 Å². The van der Waals surface area contributed by atoms with Crippen LogP contribution in [0.25, 0.3) is 5.69 Å². The Morgan fingerprint density at radius 1 is 1.25 bits per heavy atom. The summed E-state index contributed by atoms with van der Waals surface area (Å²) < 4.78 is 2.25. The molecular weight excluding hydrogens is 246 g/mol. The van der Waals surface area contributed by atoms with Gasteiger partial charge in [-0.05, 0) is 44.7 Å². The van der Waals surface area contributed by atoms with Crippen LogP contribution in [0.4, 0.5) is 0 Å². The van der Waals surface area contributed by atoms with Crippen LogP contribution in [0.3, 0.4) is 0 Å². The van der Waals surface area contributed by atoms with Crippen molar-refractivity contribution in [2.75, 3.05) is 0 Å². The number of hydrogen-bond acceptors (Lipinski definition) is 2. The highest BCUT2D eigenvalue weighted by molar-refractivity contribution is 5.35. The van der Waals surface area contributed by atoms with E-state index in [0.29, 0.717) is 5.54 Å². The maximum atomic E-state index is 4.49. The van der Waals surface area contributed by atoms with E-state index in [9.17, 15) is 0 Å². The molecule has 1 N–H and O–H groups in total. The fourth-order valence-corrected chi connectivity index (χ4v) is 3.08. The number of rotatable bonds is 5. The lowest BCUT2D eigenvalue weighted by molar-refractivity contribution is 0.174. The number of hydrogen-bond donors (Lipinski definition) is 1. The first-order valence-electron chi connectivity index (χ1n) is 7.58. The van der Waals surface area contributed by atoms with Gasteiger partial charge in [0, 0.05) is 17.8 Å². The molecule has 0 aliphatic heterocycles. The molecule has 20 heavy (non-hydrogen) atoms. The lowest BCUT2D eigenvalue weighted by Gasteiger charge is -2.42. The molecule has 3 nitrogen and oxygen atoms in total. The zero-order chi connectivity index (χ0) is 14.0. The summed E-state index contributed by atoms with van der Waals surface area (Å²) in [5.41, 5.74) is 2.81. The molecule has 0 spiro atoms. The van der Waals surface area contributed by atoms with Crippen LogP contribution in [-0.4, -0.2) is 15.1 Å². The van der Waals surface area contributed by atoms with Crippen LogP contribution in [-0.2, 0) is 6.54 Å². The van der Waals surface area contributed by atoms with Crippen molar-refractivity contribution in [3.8, 4) is 5.69 Å². The lowest BCUT2D eigenvalue weighted by Crippen LogP contribution is -2.50. The fourth-order valence-electron chi connectivity index (χ4n) is 3.08. The van der Waals surface area contributed by atoms with Crippen LogP contribution in [0.5, 0.6) is 0 Å². The van der Waals surface area contributed by atoms with Crippen LogP contribution in [0.1, 0.15) is 44.1 Å². The van der Waals surface area contributed by atoms with Crippen LogP contribution in [0.15, 0.2) is 36.5 Å². The smallest absolute Gasteiger partial charge is 0.110 e. The molecule has 1 aliphatic rings. The van der Waals surface area contributed by atoms with Crippen molar-refractivity contribution in [1.29, 1.82) is 0 Å². The second kappa shape index (κ2) is 5.41. The van der Waals surface area contributed by atoms with Crippen LogP contribution in [0.2, 0.25) is 0 Å². The minimum Gasteiger partial charge on any atom is -0.306 e. The summed E-state index contributed by atoms with van der Waals surface area (Å²) in [5.74, 6) is 1.05. The first kappa shape index (κ1) is 13.4. The van der Waals surface area contributed by atoms with Gasteiger partial charge in [0.05, 0.1) is 11.9 Å². The number of para-hydroxylation sites is 1. The van der Waals surface area contributed by atoms with Gasteiger partial charge in [-0.1, -0.05) is 25.1 Å². The van der Waals surface area contributed by atoms with E-state index in [1.54, 1.807) is 0 Å². The molecule has 1 fully saturated rings. The van der Waals surface area contributed by atoms with Gasteiger partial charge in [0.15, 0.2) is 0 Å². The van der Waals surface area contributed by atoms with Gasteiger partial charge < -0.3 is 5.32 Å². The summed E-state index contributed by atoms with van der Waals surface area (Å²) in [6, 6.07) is 10.5. The number of benzene rings is 1. The Bertz CT molecular complexity index is 562. The largest absolute Gasteiger partial charge is 0.306 e. The molecular formula is C17H23N3. The van der Waals surface area contributed by atoms with E-state index < -0.39 is 0 Å². The summed E-state index contributed by atoms with van der Waals surface area (Å²) in [6.07, 6.45) is 7.19. The zero-order valence-electron chi connectivity index (χ0n) is 12.4. The third-order valence-electron chi connectivity index (χ3n) is 4.66. The van der Waals surface area contributed by atoms with E-state index in [1.165, 1.54) is 37.1 Å². The second-order valence-corrected chi connectivity index (χ2v) is 5.81. The quantitative estimate of drug-likeness (QED) is 0.898. The molecule has 1 aromatic carbocycles. The van der Waals surface area contributed by atoms with Crippen molar-refractivity contribution >= 4 is 0 Å². The molecule has 3 heteroatoms. The fraction of sp³-hybridized carbons (Fsp3) is 0.471. The summed E-state index contributed by atoms with van der Waals surface area (Å²) in [6.45, 7) is 5.24. The number of aryl methyl sites for hydroxylation is 1. The van der Waals surface area contributed by atoms with E-state index in [0.717, 1.165) is 12.4 Å². The Balaban J connectivity index is 1.81. The van der Waals surface area contributed by atoms with Crippen molar-refractivity contribution < 1.29 is 0 Å². The molecule has 0 amide bonds. The van der Waals surface area contributed by atoms with E-state index in [1.807, 2.05) is 12.3 Å². The highest BCUT2D eigenvalue weighted by atomic mass is 15.1. The Hall–Kier alpha value is -1.61. The van der Waals surface area contributed by atoms with Crippen molar-refractivity contribution in [2.24, 2.45) is 0 Å². The Morgan fingerprint density at radius 2 is 2.00 bits per heavy atom. The third-order valence-corrected chi connectivity index (χ3v) is 4.66. The molecule has 0 radical (unpaired) electrons. The molecule has 1 heterocycles. The molecule has 2 aromatic rings. The monoisotopic (exact) mass is 269 g/mol. The number of nitrogens with zero attached hydrogens (tertiary/aromatic N) is 2. The molecule has 0 atom stereocenters. The van der Waals surface area contributed by atoms with Crippen molar-refractivity contribution in [3.63, 3.8) is 0 Å². The van der Waals surface area contributed by atoms with Crippen LogP contribution in [0, 0.1) is 6.92 Å². The Morgan fingerprint density at radius 3 is 2.60 bits per heavy atom. The molecule has 106 valence electrons. The molecule has 0 saturated heterocycles. The van der Waals surface area contributed by atoms with Crippen LogP contribution < -0.4 is 5.32 Å². The van der Waals surface area contributed by atoms with Crippen molar-refractivity contribution in [1.82, 2.24) is 14.9 Å². The Labute approximate surface area is 121 Å². The van der Waals surface area contributed by atoms with E-state index in [2.05, 4.69) is 53.0 Å². The van der Waals surface area contributed by atoms with Gasteiger partial charge in [0.25, 0.3) is 0 Å². The van der Waals surface area contributed by atoms with Gasteiger partial charge in [0.1, 0.15) is 5.82 Å². The summed E-state index contributed by atoms with van der Waals surface area (Å²) >= 11 is 0. The number of imidazole rings is 1. The third kappa shape index (κ3) is 2.38. The summed E-state index contributed by atoms with van der Waals surface area (Å²) in [7, 11) is 0. The first-order valence-corrected chi connectivity index (χ1v) is 7.58. The highest BCUT2D eigenvalue weighted by Gasteiger charge is 2.34. The summed E-state index contributed by atoms with van der Waals surface area (Å²) in [4.78, 5) is 4.49. The van der Waals surface area contributed by atoms with Gasteiger partial charge in [-0.15, -0.1) is 0 Å². The topological polar surface area (TPSA) is 29.9 Å². The van der Waals surface area contributed by atoms with Crippen molar-refractivity contribution in [3.05, 3.63) is 48.0 Å². The van der Waals surface area contributed by atoms with E-state index in [-0.39, 0.29) is 0 Å². The standard InChI is InChI=1S/C17H23N3/c1-3-17(10-7-11-17)19-13-16-12-18-14(2)20(16)15-8-5-4-6-9-15/h4-6,8-9,12,19H,3,7,10-11,13H2,1-2H3. The summed E-state index contributed by atoms with van der Waals surface area (Å²) in [5, 5.41) is 3.76. The molecule has 1 aromatic heterocycles. The Kier molecular flexibility index (Phi) is 3.62. The molecule has 1 aliphatic carbocycles. The number of aromatic nitrogens is 2. The SMILES string of the molecule is CCC1(NCc2cnc(C)n2-c2ccccc2)CCC1. The van der Waals surface area contributed by atoms with Crippen molar-refractivity contribution in [2.45, 2.75) is 51.6 Å². The minimum atomic E-state index is 0.375. The average molecular weight is 269 g/mol. The van der Waals surface area contributed by atoms with Gasteiger partial charge in [-0.2, -0.15) is 0 Å². The van der Waals surface area contributed by atoms with E-state index in [4.69, 9.17) is 0 Å². The normalized spacial score (nSPS) is 16.9. The maximum absolute atomic E-state index is 4.49. The van der Waals surface area contributed by atoms with E-state index >= 15 is 0 Å². The van der Waals surface area contributed by atoms with Crippen LogP contribution >= 0.6 is 0 Å². The average Bonchev–Trinajstić information content (AvgIpc) is 2.80. The highest BCUT2D eigenvalue weighted by Crippen LogP contribution is 2.34. The number of nitrogens with one attached hydrogen (secondary N) is 1. The molecule has 0 unspecified atom stereocenters. The minimum absolute atomic E-state index is 0.375.